The molecule has 1 fully saturated rings. The van der Waals surface area contributed by atoms with Crippen LogP contribution in [-0.4, -0.2) is 47.5 Å². The number of rotatable bonds is 4. The Balaban J connectivity index is 1.40. The van der Waals surface area contributed by atoms with E-state index in [9.17, 15) is 4.79 Å². The van der Waals surface area contributed by atoms with Gasteiger partial charge in [0.05, 0.1) is 19.2 Å². The van der Waals surface area contributed by atoms with E-state index in [2.05, 4.69) is 10.3 Å². The molecule has 2 aliphatic heterocycles. The van der Waals surface area contributed by atoms with Gasteiger partial charge in [-0.25, -0.2) is 9.97 Å². The van der Waals surface area contributed by atoms with Crippen LogP contribution < -0.4 is 10.1 Å². The molecule has 1 saturated heterocycles. The Labute approximate surface area is 160 Å². The van der Waals surface area contributed by atoms with Crippen molar-refractivity contribution in [2.75, 3.05) is 26.7 Å². The minimum absolute atomic E-state index is 0.145. The lowest BCUT2D eigenvalue weighted by Gasteiger charge is -2.29. The predicted octanol–water partition coefficient (Wildman–Crippen LogP) is 2.08. The quantitative estimate of drug-likeness (QED) is 0.897. The lowest BCUT2D eigenvalue weighted by atomic mass is 9.98. The van der Waals surface area contributed by atoms with Gasteiger partial charge in [-0.1, -0.05) is 12.1 Å². The third-order valence-electron chi connectivity index (χ3n) is 5.48. The van der Waals surface area contributed by atoms with Crippen molar-refractivity contribution in [1.82, 2.24) is 20.2 Å². The van der Waals surface area contributed by atoms with Gasteiger partial charge in [-0.15, -0.1) is 0 Å². The molecule has 6 nitrogen and oxygen atoms in total. The summed E-state index contributed by atoms with van der Waals surface area (Å²) in [6.45, 7) is 3.38. The van der Waals surface area contributed by atoms with Crippen LogP contribution in [0.25, 0.3) is 0 Å². The molecule has 0 bridgehead atoms. The third kappa shape index (κ3) is 4.11. The highest BCUT2D eigenvalue weighted by Gasteiger charge is 2.24. The number of nitrogens with one attached hydrogen (secondary N) is 1. The van der Waals surface area contributed by atoms with Gasteiger partial charge in [0.25, 0.3) is 0 Å². The topological polar surface area (TPSA) is 67.3 Å². The molecular formula is C21H26N4O2. The summed E-state index contributed by atoms with van der Waals surface area (Å²) in [6, 6.07) is 7.68. The molecule has 0 spiro atoms. The summed E-state index contributed by atoms with van der Waals surface area (Å²) in [6.07, 6.45) is 5.47. The number of aromatic nitrogens is 2. The molecule has 142 valence electrons. The molecule has 2 aromatic rings. The van der Waals surface area contributed by atoms with Crippen LogP contribution in [0.1, 0.15) is 41.4 Å². The van der Waals surface area contributed by atoms with Gasteiger partial charge in [0.1, 0.15) is 11.6 Å². The summed E-state index contributed by atoms with van der Waals surface area (Å²) in [5.41, 5.74) is 3.19. The van der Waals surface area contributed by atoms with Crippen molar-refractivity contribution in [1.29, 1.82) is 0 Å². The number of amides is 1. The Morgan fingerprint density at radius 1 is 1.33 bits per heavy atom. The van der Waals surface area contributed by atoms with E-state index in [0.717, 1.165) is 60.9 Å². The molecule has 0 unspecified atom stereocenters. The SMILES string of the molecule is COc1ccc(CC(=O)N2CCc3nc([C@@H]4CCCNC4)ncc3C2)cc1. The third-order valence-corrected chi connectivity index (χ3v) is 5.48. The summed E-state index contributed by atoms with van der Waals surface area (Å²) in [4.78, 5) is 24.0. The Bertz CT molecular complexity index is 800. The van der Waals surface area contributed by atoms with Gasteiger partial charge >= 0.3 is 0 Å². The molecule has 27 heavy (non-hydrogen) atoms. The summed E-state index contributed by atoms with van der Waals surface area (Å²) in [5.74, 6) is 2.32. The number of piperidine rings is 1. The van der Waals surface area contributed by atoms with Crippen LogP contribution in [0.15, 0.2) is 30.5 Å². The van der Waals surface area contributed by atoms with Crippen LogP contribution in [0.2, 0.25) is 0 Å². The first-order valence-corrected chi connectivity index (χ1v) is 9.69. The van der Waals surface area contributed by atoms with Crippen LogP contribution in [0.3, 0.4) is 0 Å². The molecule has 0 saturated carbocycles. The van der Waals surface area contributed by atoms with Crippen molar-refractivity contribution in [3.8, 4) is 5.75 Å². The van der Waals surface area contributed by atoms with Crippen molar-refractivity contribution in [2.45, 2.75) is 38.1 Å². The van der Waals surface area contributed by atoms with Gasteiger partial charge in [-0.3, -0.25) is 4.79 Å². The fourth-order valence-corrected chi connectivity index (χ4v) is 3.84. The van der Waals surface area contributed by atoms with Gasteiger partial charge in [-0.2, -0.15) is 0 Å². The molecule has 2 aliphatic rings. The van der Waals surface area contributed by atoms with E-state index in [1.54, 1.807) is 7.11 Å². The first-order valence-electron chi connectivity index (χ1n) is 9.69. The number of methoxy groups -OCH3 is 1. The van der Waals surface area contributed by atoms with Gasteiger partial charge < -0.3 is 15.0 Å². The van der Waals surface area contributed by atoms with E-state index in [1.165, 1.54) is 6.42 Å². The van der Waals surface area contributed by atoms with Gasteiger partial charge in [0.15, 0.2) is 0 Å². The fraction of sp³-hybridized carbons (Fsp3) is 0.476. The minimum Gasteiger partial charge on any atom is -0.497 e. The standard InChI is InChI=1S/C21H26N4O2/c1-27-18-6-4-15(5-7-18)11-20(26)25-10-8-19-17(14-25)13-23-21(24-19)16-3-2-9-22-12-16/h4-7,13,16,22H,2-3,8-12,14H2,1H3/t16-/m1/s1. The lowest BCUT2D eigenvalue weighted by Crippen LogP contribution is -2.38. The second-order valence-corrected chi connectivity index (χ2v) is 7.33. The average molecular weight is 366 g/mol. The number of benzene rings is 1. The second-order valence-electron chi connectivity index (χ2n) is 7.33. The number of hydrogen-bond acceptors (Lipinski definition) is 5. The molecule has 1 amide bonds. The largest absolute Gasteiger partial charge is 0.497 e. The molecule has 0 radical (unpaired) electrons. The maximum atomic E-state index is 12.7. The zero-order chi connectivity index (χ0) is 18.6. The summed E-state index contributed by atoms with van der Waals surface area (Å²) in [7, 11) is 1.64. The Morgan fingerprint density at radius 3 is 2.93 bits per heavy atom. The number of ether oxygens (including phenoxy) is 1. The van der Waals surface area contributed by atoms with Crippen LogP contribution in [-0.2, 0) is 24.2 Å². The summed E-state index contributed by atoms with van der Waals surface area (Å²) in [5, 5.41) is 3.42. The van der Waals surface area contributed by atoms with Crippen LogP contribution in [0.4, 0.5) is 0 Å². The van der Waals surface area contributed by atoms with Crippen LogP contribution in [0.5, 0.6) is 5.75 Å². The fourth-order valence-electron chi connectivity index (χ4n) is 3.84. The maximum Gasteiger partial charge on any atom is 0.227 e. The number of fused-ring (bicyclic) bond motifs is 1. The normalized spacial score (nSPS) is 19.4. The Kier molecular flexibility index (Phi) is 5.34. The van der Waals surface area contributed by atoms with Crippen LogP contribution >= 0.6 is 0 Å². The summed E-state index contributed by atoms with van der Waals surface area (Å²) >= 11 is 0. The van der Waals surface area contributed by atoms with E-state index in [1.807, 2.05) is 35.4 Å². The van der Waals surface area contributed by atoms with Crippen molar-refractivity contribution >= 4 is 5.91 Å². The smallest absolute Gasteiger partial charge is 0.227 e. The molecule has 6 heteroatoms. The average Bonchev–Trinajstić information content (AvgIpc) is 2.74. The zero-order valence-corrected chi connectivity index (χ0v) is 15.8. The molecular weight excluding hydrogens is 340 g/mol. The van der Waals surface area contributed by atoms with Crippen molar-refractivity contribution in [2.24, 2.45) is 0 Å². The number of hydrogen-bond donors (Lipinski definition) is 1. The molecule has 1 atom stereocenters. The first kappa shape index (κ1) is 17.9. The van der Waals surface area contributed by atoms with E-state index >= 15 is 0 Å². The monoisotopic (exact) mass is 366 g/mol. The molecule has 4 rings (SSSR count). The predicted molar refractivity (Wildman–Crippen MR) is 103 cm³/mol. The molecule has 1 N–H and O–H groups in total. The van der Waals surface area contributed by atoms with Crippen molar-refractivity contribution < 1.29 is 9.53 Å². The first-order chi connectivity index (χ1) is 13.2. The Morgan fingerprint density at radius 2 is 2.19 bits per heavy atom. The summed E-state index contributed by atoms with van der Waals surface area (Å²) < 4.78 is 5.17. The van der Waals surface area contributed by atoms with Crippen LogP contribution in [0, 0.1) is 0 Å². The highest BCUT2D eigenvalue weighted by molar-refractivity contribution is 5.79. The van der Waals surface area contributed by atoms with Crippen molar-refractivity contribution in [3.05, 3.63) is 53.1 Å². The lowest BCUT2D eigenvalue weighted by molar-refractivity contribution is -0.131. The number of carbonyl (C=O) groups is 1. The maximum absolute atomic E-state index is 12.7. The van der Waals surface area contributed by atoms with Crippen molar-refractivity contribution in [3.63, 3.8) is 0 Å². The Hall–Kier alpha value is -2.47. The van der Waals surface area contributed by atoms with Gasteiger partial charge in [0, 0.05) is 43.7 Å². The highest BCUT2D eigenvalue weighted by Crippen LogP contribution is 2.23. The molecule has 0 aliphatic carbocycles. The van der Waals surface area contributed by atoms with E-state index in [4.69, 9.17) is 9.72 Å². The van der Waals surface area contributed by atoms with E-state index in [0.29, 0.717) is 18.9 Å². The number of carbonyl (C=O) groups excluding carboxylic acids is 1. The zero-order valence-electron chi connectivity index (χ0n) is 15.8. The molecule has 1 aromatic heterocycles. The number of nitrogens with zero attached hydrogens (tertiary/aromatic N) is 3. The molecule has 3 heterocycles. The van der Waals surface area contributed by atoms with E-state index < -0.39 is 0 Å². The minimum atomic E-state index is 0.145. The van der Waals surface area contributed by atoms with Gasteiger partial charge in [-0.05, 0) is 37.1 Å². The highest BCUT2D eigenvalue weighted by atomic mass is 16.5. The molecule has 1 aromatic carbocycles. The second kappa shape index (κ2) is 8.05. The van der Waals surface area contributed by atoms with Gasteiger partial charge in [0.2, 0.25) is 5.91 Å². The van der Waals surface area contributed by atoms with E-state index in [-0.39, 0.29) is 5.91 Å².